The minimum Gasteiger partial charge on any atom is -0.508 e. The first-order valence-corrected chi connectivity index (χ1v) is 9.64. The molecule has 0 amide bonds. The number of aromatic hydroxyl groups is 1. The molecule has 2 aromatic rings. The first-order valence-electron chi connectivity index (χ1n) is 7.34. The van der Waals surface area contributed by atoms with Gasteiger partial charge in [0.05, 0.1) is 11.2 Å². The van der Waals surface area contributed by atoms with E-state index in [1.165, 1.54) is 18.3 Å². The smallest absolute Gasteiger partial charge is 0.322 e. The average molecular weight is 368 g/mol. The zero-order chi connectivity index (χ0) is 17.3. The Bertz CT molecular complexity index is 841. The van der Waals surface area contributed by atoms with Crippen molar-refractivity contribution < 1.29 is 23.4 Å². The molecule has 1 aliphatic rings. The summed E-state index contributed by atoms with van der Waals surface area (Å²) in [5.41, 5.74) is 0.603. The summed E-state index contributed by atoms with van der Waals surface area (Å²) in [5.74, 6) is -0.867. The number of aliphatic carboxylic acids is 1. The molecule has 1 aromatic heterocycles. The van der Waals surface area contributed by atoms with Crippen molar-refractivity contribution in [2.75, 3.05) is 0 Å². The van der Waals surface area contributed by atoms with Crippen LogP contribution in [0.1, 0.15) is 29.3 Å². The largest absolute Gasteiger partial charge is 0.508 e. The van der Waals surface area contributed by atoms with Gasteiger partial charge < -0.3 is 10.2 Å². The van der Waals surface area contributed by atoms with Crippen LogP contribution in [-0.4, -0.2) is 35.6 Å². The summed E-state index contributed by atoms with van der Waals surface area (Å²) < 4.78 is 27.1. The number of nitrogens with zero attached hydrogens (tertiary/aromatic N) is 1. The Labute approximate surface area is 143 Å². The molecule has 0 saturated heterocycles. The maximum atomic E-state index is 12.4. The number of carboxylic acids is 1. The van der Waals surface area contributed by atoms with Gasteiger partial charge in [-0.3, -0.25) is 4.79 Å². The van der Waals surface area contributed by atoms with Gasteiger partial charge in [0.2, 0.25) is 0 Å². The molecule has 1 saturated carbocycles. The number of carboxylic acid groups (broad SMARTS) is 1. The third kappa shape index (κ3) is 3.92. The van der Waals surface area contributed by atoms with Gasteiger partial charge in [0.1, 0.15) is 11.8 Å². The molecule has 0 aliphatic heterocycles. The SMILES string of the molecule is O=C(O)[C@@H](Cc1ccc(O)cc1)NS(=O)(=O)c1cnc(C2CC2)s1. The second-order valence-electron chi connectivity index (χ2n) is 5.67. The number of phenolic OH excluding ortho intramolecular Hbond substituents is 1. The van der Waals surface area contributed by atoms with Crippen molar-refractivity contribution in [2.24, 2.45) is 0 Å². The third-order valence-corrected chi connectivity index (χ3v) is 6.76. The van der Waals surface area contributed by atoms with Crippen LogP contribution in [0.15, 0.2) is 34.7 Å². The Morgan fingerprint density at radius 3 is 2.58 bits per heavy atom. The predicted octanol–water partition coefficient (Wildman–Crippen LogP) is 1.70. The number of phenols is 1. The van der Waals surface area contributed by atoms with Crippen LogP contribution in [0.25, 0.3) is 0 Å². The number of benzene rings is 1. The molecule has 3 rings (SSSR count). The van der Waals surface area contributed by atoms with E-state index in [4.69, 9.17) is 0 Å². The number of rotatable bonds is 7. The highest BCUT2D eigenvalue weighted by molar-refractivity contribution is 7.91. The van der Waals surface area contributed by atoms with Crippen molar-refractivity contribution in [2.45, 2.75) is 35.4 Å². The number of carbonyl (C=O) groups is 1. The molecule has 24 heavy (non-hydrogen) atoms. The van der Waals surface area contributed by atoms with E-state index >= 15 is 0 Å². The molecule has 0 radical (unpaired) electrons. The van der Waals surface area contributed by atoms with Crippen LogP contribution in [0.5, 0.6) is 5.75 Å². The summed E-state index contributed by atoms with van der Waals surface area (Å²) in [5, 5.41) is 19.3. The Morgan fingerprint density at radius 1 is 1.33 bits per heavy atom. The van der Waals surface area contributed by atoms with Crippen LogP contribution < -0.4 is 4.72 Å². The predicted molar refractivity (Wildman–Crippen MR) is 87.6 cm³/mol. The van der Waals surface area contributed by atoms with E-state index in [-0.39, 0.29) is 16.4 Å². The standard InChI is InChI=1S/C15H16N2O5S2/c18-11-5-1-9(2-6-11)7-12(15(19)20)17-24(21,22)13-8-16-14(23-13)10-3-4-10/h1-2,5-6,8,10,12,17-18H,3-4,7H2,(H,19,20)/t12-/m1/s1. The maximum Gasteiger partial charge on any atom is 0.322 e. The lowest BCUT2D eigenvalue weighted by Crippen LogP contribution is -2.42. The molecule has 0 bridgehead atoms. The summed E-state index contributed by atoms with van der Waals surface area (Å²) in [6.45, 7) is 0. The molecule has 7 nitrogen and oxygen atoms in total. The molecule has 1 atom stereocenters. The molecule has 3 N–H and O–H groups in total. The average Bonchev–Trinajstić information content (AvgIpc) is 3.25. The number of aromatic nitrogens is 1. The zero-order valence-corrected chi connectivity index (χ0v) is 14.2. The van der Waals surface area contributed by atoms with Gasteiger partial charge in [-0.1, -0.05) is 12.1 Å². The lowest BCUT2D eigenvalue weighted by atomic mass is 10.1. The lowest BCUT2D eigenvalue weighted by molar-refractivity contribution is -0.138. The molecule has 1 aliphatic carbocycles. The van der Waals surface area contributed by atoms with Crippen molar-refractivity contribution in [3.8, 4) is 5.75 Å². The monoisotopic (exact) mass is 368 g/mol. The maximum absolute atomic E-state index is 12.4. The van der Waals surface area contributed by atoms with Gasteiger partial charge in [-0.25, -0.2) is 13.4 Å². The van der Waals surface area contributed by atoms with E-state index in [2.05, 4.69) is 9.71 Å². The Kier molecular flexibility index (Phi) is 4.57. The van der Waals surface area contributed by atoms with Crippen LogP contribution in [-0.2, 0) is 21.2 Å². The van der Waals surface area contributed by atoms with E-state index in [9.17, 15) is 23.4 Å². The highest BCUT2D eigenvalue weighted by atomic mass is 32.2. The Balaban J connectivity index is 1.75. The van der Waals surface area contributed by atoms with Gasteiger partial charge in [-0.2, -0.15) is 4.72 Å². The number of sulfonamides is 1. The van der Waals surface area contributed by atoms with Gasteiger partial charge in [0.25, 0.3) is 10.0 Å². The Morgan fingerprint density at radius 2 is 2.00 bits per heavy atom. The van der Waals surface area contributed by atoms with Crippen molar-refractivity contribution in [3.63, 3.8) is 0 Å². The molecular formula is C15H16N2O5S2. The van der Waals surface area contributed by atoms with Gasteiger partial charge >= 0.3 is 5.97 Å². The molecule has 1 fully saturated rings. The van der Waals surface area contributed by atoms with E-state index in [0.717, 1.165) is 29.2 Å². The minimum atomic E-state index is -3.94. The summed E-state index contributed by atoms with van der Waals surface area (Å²) in [6.07, 6.45) is 3.28. The van der Waals surface area contributed by atoms with E-state index in [1.54, 1.807) is 12.1 Å². The first-order chi connectivity index (χ1) is 11.3. The second-order valence-corrected chi connectivity index (χ2v) is 8.68. The van der Waals surface area contributed by atoms with Gasteiger partial charge in [-0.15, -0.1) is 11.3 Å². The number of thiazole rings is 1. The van der Waals surface area contributed by atoms with E-state index in [1.807, 2.05) is 0 Å². The lowest BCUT2D eigenvalue weighted by Gasteiger charge is -2.14. The van der Waals surface area contributed by atoms with Crippen molar-refractivity contribution in [1.82, 2.24) is 9.71 Å². The highest BCUT2D eigenvalue weighted by Crippen LogP contribution is 2.42. The first kappa shape index (κ1) is 16.9. The molecule has 1 aromatic carbocycles. The molecule has 9 heteroatoms. The van der Waals surface area contributed by atoms with Crippen molar-refractivity contribution in [1.29, 1.82) is 0 Å². The van der Waals surface area contributed by atoms with Crippen molar-refractivity contribution >= 4 is 27.3 Å². The fourth-order valence-electron chi connectivity index (χ4n) is 2.21. The van der Waals surface area contributed by atoms with E-state index < -0.39 is 22.0 Å². The summed E-state index contributed by atoms with van der Waals surface area (Å²) in [6, 6.07) is 4.66. The van der Waals surface area contributed by atoms with Gasteiger partial charge in [0, 0.05) is 5.92 Å². The summed E-state index contributed by atoms with van der Waals surface area (Å²) >= 11 is 1.08. The van der Waals surface area contributed by atoms with Crippen LogP contribution in [0.3, 0.4) is 0 Å². The fourth-order valence-corrected chi connectivity index (χ4v) is 4.73. The normalized spacial score (nSPS) is 16.0. The minimum absolute atomic E-state index is 0.0247. The third-order valence-electron chi connectivity index (χ3n) is 3.67. The topological polar surface area (TPSA) is 117 Å². The number of hydrogen-bond donors (Lipinski definition) is 3. The Hall–Kier alpha value is -1.97. The van der Waals surface area contributed by atoms with Crippen LogP contribution in [0.4, 0.5) is 0 Å². The number of nitrogens with one attached hydrogen (secondary N) is 1. The molecule has 128 valence electrons. The van der Waals surface area contributed by atoms with E-state index in [0.29, 0.717) is 11.5 Å². The van der Waals surface area contributed by atoms with Gasteiger partial charge in [0.15, 0.2) is 4.21 Å². The van der Waals surface area contributed by atoms with Crippen LogP contribution in [0, 0.1) is 0 Å². The number of hydrogen-bond acceptors (Lipinski definition) is 6. The zero-order valence-electron chi connectivity index (χ0n) is 12.5. The molecule has 0 spiro atoms. The quantitative estimate of drug-likeness (QED) is 0.685. The van der Waals surface area contributed by atoms with Crippen LogP contribution in [0.2, 0.25) is 0 Å². The summed E-state index contributed by atoms with van der Waals surface area (Å²) in [7, 11) is -3.94. The molecular weight excluding hydrogens is 352 g/mol. The van der Waals surface area contributed by atoms with Crippen molar-refractivity contribution in [3.05, 3.63) is 41.0 Å². The highest BCUT2D eigenvalue weighted by Gasteiger charge is 2.31. The molecule has 0 unspecified atom stereocenters. The second kappa shape index (κ2) is 6.50. The summed E-state index contributed by atoms with van der Waals surface area (Å²) in [4.78, 5) is 15.5. The molecule has 1 heterocycles. The van der Waals surface area contributed by atoms with Crippen LogP contribution >= 0.6 is 11.3 Å². The van der Waals surface area contributed by atoms with Gasteiger partial charge in [-0.05, 0) is 37.0 Å². The fraction of sp³-hybridized carbons (Fsp3) is 0.333.